The molecule has 5 aromatic rings. The molecule has 5 rings (SSSR count). The van der Waals surface area contributed by atoms with Crippen LogP contribution in [0.1, 0.15) is 9.68 Å². The molecule has 10 heteroatoms. The number of fused-ring (bicyclic) bond motifs is 3. The van der Waals surface area contributed by atoms with Gasteiger partial charge < -0.3 is 4.42 Å². The number of aryl methyl sites for hydroxylation is 1. The highest BCUT2D eigenvalue weighted by Crippen LogP contribution is 2.66. The van der Waals surface area contributed by atoms with Gasteiger partial charge in [-0.25, -0.2) is 0 Å². The summed E-state index contributed by atoms with van der Waals surface area (Å²) in [5, 5.41) is 0.971. The van der Waals surface area contributed by atoms with Crippen LogP contribution in [0.2, 0.25) is 37.4 Å². The zero-order chi connectivity index (χ0) is 33.4. The first kappa shape index (κ1) is 26.3. The van der Waals surface area contributed by atoms with E-state index in [2.05, 4.69) is 4.98 Å². The molecule has 0 N–H and O–H groups in total. The van der Waals surface area contributed by atoms with Crippen molar-refractivity contribution in [2.45, 2.75) is 56.6 Å². The Morgan fingerprint density at radius 2 is 1.26 bits per heavy atom. The first-order valence-electron chi connectivity index (χ1n) is 14.8. The number of benzene rings is 3. The third kappa shape index (κ3) is 4.33. The second-order valence-electron chi connectivity index (χ2n) is 12.1. The maximum absolute atomic E-state index is 15.1. The largest absolute Gasteiger partial charge is 0.455 e. The molecule has 42 heavy (non-hydrogen) atoms. The third-order valence-corrected chi connectivity index (χ3v) is 19.5. The summed E-state index contributed by atoms with van der Waals surface area (Å²) in [4.78, 5) is 4.31. The van der Waals surface area contributed by atoms with Crippen LogP contribution < -0.4 is 5.19 Å². The highest BCUT2D eigenvalue weighted by molar-refractivity contribution is 7.06. The highest BCUT2D eigenvalue weighted by Gasteiger charge is 2.82. The van der Waals surface area contributed by atoms with Crippen LogP contribution in [0.4, 0.5) is 26.3 Å². The minimum Gasteiger partial charge on any atom is -0.455 e. The van der Waals surface area contributed by atoms with Crippen molar-refractivity contribution in [3.63, 3.8) is 0 Å². The molecule has 0 aliphatic carbocycles. The van der Waals surface area contributed by atoms with Gasteiger partial charge in [-0.1, -0.05) is 98.6 Å². The Labute approximate surface area is 246 Å². The predicted octanol–water partition coefficient (Wildman–Crippen LogP) is 10.3. The van der Waals surface area contributed by atoms with Crippen molar-refractivity contribution in [2.75, 3.05) is 0 Å². The Morgan fingerprint density at radius 1 is 0.714 bits per heavy atom. The Hall–Kier alpha value is -3.38. The summed E-state index contributed by atoms with van der Waals surface area (Å²) in [6.07, 6.45) is -10.5. The van der Waals surface area contributed by atoms with Crippen LogP contribution in [0.25, 0.3) is 44.3 Å². The van der Waals surface area contributed by atoms with E-state index in [-0.39, 0.29) is 5.69 Å². The molecule has 0 radical (unpaired) electrons. The third-order valence-electron chi connectivity index (χ3n) is 8.38. The SMILES string of the molecule is [2H]C([2H])([2H])c1cnc(-c2cccc3c2oc2c(-c4ccccc4)cccc23)cc1[Si](C)(C)C(C(F)(F)F)(C(F)(F)F)[Si](C)(C)C. The van der Waals surface area contributed by atoms with E-state index >= 15 is 26.3 Å². The average Bonchev–Trinajstić information content (AvgIpc) is 3.29. The summed E-state index contributed by atoms with van der Waals surface area (Å²) < 4.78 is 117. The van der Waals surface area contributed by atoms with Gasteiger partial charge in [0.15, 0.2) is 0 Å². The van der Waals surface area contributed by atoms with Crippen LogP contribution in [0.15, 0.2) is 83.4 Å². The summed E-state index contributed by atoms with van der Waals surface area (Å²) in [5.41, 5.74) is 2.31. The number of rotatable bonds is 5. The molecular weight excluding hydrogens is 585 g/mol. The van der Waals surface area contributed by atoms with E-state index in [1.54, 1.807) is 18.2 Å². The predicted molar refractivity (Wildman–Crippen MR) is 162 cm³/mol. The van der Waals surface area contributed by atoms with Gasteiger partial charge in [0.05, 0.1) is 13.8 Å². The Morgan fingerprint density at radius 3 is 1.79 bits per heavy atom. The van der Waals surface area contributed by atoms with E-state index in [0.29, 0.717) is 22.1 Å². The molecule has 0 saturated carbocycles. The normalized spacial score (nSPS) is 15.1. The van der Waals surface area contributed by atoms with Crippen LogP contribution in [-0.2, 0) is 0 Å². The number of para-hydroxylation sites is 2. The van der Waals surface area contributed by atoms with Gasteiger partial charge in [0.25, 0.3) is 0 Å². The maximum atomic E-state index is 15.1. The van der Waals surface area contributed by atoms with E-state index in [4.69, 9.17) is 8.53 Å². The monoisotopic (exact) mass is 618 g/mol. The second-order valence-corrected chi connectivity index (χ2v) is 22.4. The lowest BCUT2D eigenvalue weighted by atomic mass is 10.0. The molecule has 3 aromatic carbocycles. The zero-order valence-electron chi connectivity index (χ0n) is 26.6. The molecule has 0 atom stereocenters. The molecule has 0 bridgehead atoms. The molecule has 0 unspecified atom stereocenters. The van der Waals surface area contributed by atoms with E-state index in [9.17, 15) is 0 Å². The first-order valence-corrected chi connectivity index (χ1v) is 19.8. The molecule has 0 spiro atoms. The van der Waals surface area contributed by atoms with Gasteiger partial charge in [0, 0.05) is 32.2 Å². The van der Waals surface area contributed by atoms with Gasteiger partial charge in [-0.3, -0.25) is 4.98 Å². The van der Waals surface area contributed by atoms with E-state index < -0.39 is 50.8 Å². The molecular formula is C32H31F6NOSi2. The van der Waals surface area contributed by atoms with Crippen molar-refractivity contribution in [2.24, 2.45) is 0 Å². The lowest BCUT2D eigenvalue weighted by molar-refractivity contribution is -0.252. The van der Waals surface area contributed by atoms with Crippen LogP contribution in [-0.4, -0.2) is 33.5 Å². The molecule has 2 aromatic heterocycles. The topological polar surface area (TPSA) is 26.0 Å². The Balaban J connectivity index is 1.84. The van der Waals surface area contributed by atoms with Crippen LogP contribution in [0.5, 0.6) is 0 Å². The minimum atomic E-state index is -5.69. The summed E-state index contributed by atoms with van der Waals surface area (Å²) >= 11 is 0. The lowest BCUT2D eigenvalue weighted by Gasteiger charge is -2.54. The maximum Gasteiger partial charge on any atom is 0.398 e. The van der Waals surface area contributed by atoms with Crippen molar-refractivity contribution in [1.29, 1.82) is 0 Å². The number of aromatic nitrogens is 1. The lowest BCUT2D eigenvalue weighted by Crippen LogP contribution is -2.73. The molecule has 220 valence electrons. The average molecular weight is 619 g/mol. The number of nitrogens with zero attached hydrogens (tertiary/aromatic N) is 1. The van der Waals surface area contributed by atoms with Crippen molar-refractivity contribution in [3.8, 4) is 22.4 Å². The highest BCUT2D eigenvalue weighted by atomic mass is 28.4. The number of furan rings is 1. The molecule has 2 nitrogen and oxygen atoms in total. The van der Waals surface area contributed by atoms with Crippen molar-refractivity contribution in [3.05, 3.63) is 84.6 Å². The van der Waals surface area contributed by atoms with Gasteiger partial charge in [0.2, 0.25) is 0 Å². The number of hydrogen-bond acceptors (Lipinski definition) is 2. The summed E-state index contributed by atoms with van der Waals surface area (Å²) in [5.74, 6) is 0. The van der Waals surface area contributed by atoms with Crippen LogP contribution in [0, 0.1) is 6.85 Å². The quantitative estimate of drug-likeness (QED) is 0.145. The van der Waals surface area contributed by atoms with E-state index in [1.165, 1.54) is 0 Å². The molecule has 2 heterocycles. The molecule has 0 fully saturated rings. The van der Waals surface area contributed by atoms with Gasteiger partial charge in [-0.2, -0.15) is 26.3 Å². The fraction of sp³-hybridized carbons (Fsp3) is 0.281. The van der Waals surface area contributed by atoms with Crippen LogP contribution in [0.3, 0.4) is 0 Å². The molecule has 0 aliphatic heterocycles. The van der Waals surface area contributed by atoms with Crippen molar-refractivity contribution >= 4 is 43.3 Å². The smallest absolute Gasteiger partial charge is 0.398 e. The van der Waals surface area contributed by atoms with Gasteiger partial charge >= 0.3 is 12.4 Å². The second kappa shape index (κ2) is 9.84. The summed E-state index contributed by atoms with van der Waals surface area (Å²) in [6, 6.07) is 21.3. The van der Waals surface area contributed by atoms with E-state index in [0.717, 1.165) is 61.5 Å². The number of pyridine rings is 1. The molecule has 0 amide bonds. The Bertz CT molecular complexity index is 1860. The molecule has 0 aliphatic rings. The fourth-order valence-electron chi connectivity index (χ4n) is 6.85. The number of halogens is 6. The standard InChI is InChI=1S/C32H31F6NOSi2/c1-20-19-39-26(18-27(20)42(5,6)30(31(33,34)35,32(36,37)38)41(2,3)4)25-17-11-16-24-23-15-10-14-22(28(23)40-29(24)25)21-12-8-7-9-13-21/h7-19H,1-6H3/i1D3. The van der Waals surface area contributed by atoms with Crippen molar-refractivity contribution in [1.82, 2.24) is 4.98 Å². The van der Waals surface area contributed by atoms with E-state index in [1.807, 2.05) is 48.5 Å². The van der Waals surface area contributed by atoms with Gasteiger partial charge in [-0.15, -0.1) is 0 Å². The zero-order valence-corrected chi connectivity index (χ0v) is 25.6. The minimum absolute atomic E-state index is 0.0262. The van der Waals surface area contributed by atoms with Gasteiger partial charge in [-0.05, 0) is 30.1 Å². The van der Waals surface area contributed by atoms with Gasteiger partial charge in [0.1, 0.15) is 23.9 Å². The fourth-order valence-corrected chi connectivity index (χ4v) is 19.5. The summed E-state index contributed by atoms with van der Waals surface area (Å²) in [7, 11) is -9.08. The Kier molecular flexibility index (Phi) is 6.15. The van der Waals surface area contributed by atoms with Crippen LogP contribution >= 0.6 is 0 Å². The molecule has 0 saturated heterocycles. The number of alkyl halides is 6. The van der Waals surface area contributed by atoms with Crippen molar-refractivity contribution < 1.29 is 34.9 Å². The number of hydrogen-bond donors (Lipinski definition) is 0. The summed E-state index contributed by atoms with van der Waals surface area (Å²) in [6.45, 7) is 2.07. The first-order chi connectivity index (χ1) is 20.6.